The molecule has 0 N–H and O–H groups in total. The van der Waals surface area contributed by atoms with Crippen LogP contribution >= 0.6 is 0 Å². The van der Waals surface area contributed by atoms with Gasteiger partial charge in [0.2, 0.25) is 5.91 Å². The van der Waals surface area contributed by atoms with Crippen molar-refractivity contribution in [2.24, 2.45) is 11.3 Å². The van der Waals surface area contributed by atoms with Crippen LogP contribution in [-0.4, -0.2) is 23.9 Å². The van der Waals surface area contributed by atoms with Gasteiger partial charge in [-0.2, -0.15) is 0 Å². The van der Waals surface area contributed by atoms with E-state index in [0.717, 1.165) is 13.1 Å². The zero-order valence-corrected chi connectivity index (χ0v) is 12.5. The van der Waals surface area contributed by atoms with Crippen LogP contribution in [0.3, 0.4) is 0 Å². The molecule has 2 heteroatoms. The van der Waals surface area contributed by atoms with Gasteiger partial charge in [-0.25, -0.2) is 0 Å². The van der Waals surface area contributed by atoms with Crippen molar-refractivity contribution in [3.63, 3.8) is 0 Å². The van der Waals surface area contributed by atoms with Crippen LogP contribution in [0.5, 0.6) is 0 Å². The van der Waals surface area contributed by atoms with E-state index in [-0.39, 0.29) is 11.3 Å². The Morgan fingerprint density at radius 3 is 2.53 bits per heavy atom. The van der Waals surface area contributed by atoms with Gasteiger partial charge in [0, 0.05) is 20.0 Å². The summed E-state index contributed by atoms with van der Waals surface area (Å²) in [7, 11) is 0. The molecule has 0 spiro atoms. The van der Waals surface area contributed by atoms with E-state index in [1.54, 1.807) is 6.92 Å². The summed E-state index contributed by atoms with van der Waals surface area (Å²) in [5.74, 6) is 1.35. The summed E-state index contributed by atoms with van der Waals surface area (Å²) in [6, 6.07) is 10.7. The predicted octanol–water partition coefficient (Wildman–Crippen LogP) is 3.68. The predicted molar refractivity (Wildman–Crippen MR) is 79.0 cm³/mol. The summed E-state index contributed by atoms with van der Waals surface area (Å²) in [5.41, 5.74) is 1.68. The first-order chi connectivity index (χ1) is 8.92. The molecule has 1 aromatic carbocycles. The highest BCUT2D eigenvalue weighted by Crippen LogP contribution is 2.59. The Balaban J connectivity index is 2.01. The first kappa shape index (κ1) is 14.1. The van der Waals surface area contributed by atoms with Crippen LogP contribution in [0.25, 0.3) is 0 Å². The van der Waals surface area contributed by atoms with Crippen LogP contribution in [0.15, 0.2) is 30.3 Å². The molecule has 0 heterocycles. The van der Waals surface area contributed by atoms with Crippen LogP contribution in [-0.2, 0) is 4.79 Å². The average molecular weight is 259 g/mol. The minimum atomic E-state index is 0.202. The zero-order chi connectivity index (χ0) is 14.0. The van der Waals surface area contributed by atoms with E-state index in [0.29, 0.717) is 11.8 Å². The fourth-order valence-corrected chi connectivity index (χ4v) is 2.97. The third kappa shape index (κ3) is 3.37. The molecule has 2 unspecified atom stereocenters. The van der Waals surface area contributed by atoms with Gasteiger partial charge in [-0.15, -0.1) is 0 Å². The number of amides is 1. The zero-order valence-electron chi connectivity index (χ0n) is 12.5. The number of nitrogens with zero attached hydrogens (tertiary/aromatic N) is 1. The van der Waals surface area contributed by atoms with Gasteiger partial charge < -0.3 is 4.90 Å². The summed E-state index contributed by atoms with van der Waals surface area (Å²) in [4.78, 5) is 13.8. The normalized spacial score (nSPS) is 25.4. The fourth-order valence-electron chi connectivity index (χ4n) is 2.97. The van der Waals surface area contributed by atoms with E-state index >= 15 is 0 Å². The maximum absolute atomic E-state index is 11.8. The Hall–Kier alpha value is -1.31. The lowest BCUT2D eigenvalue weighted by Gasteiger charge is -2.27. The molecule has 0 aromatic heterocycles. The molecular formula is C17H25NO. The van der Waals surface area contributed by atoms with Crippen molar-refractivity contribution >= 4 is 5.91 Å². The molecule has 0 radical (unpaired) electrons. The van der Waals surface area contributed by atoms with Crippen molar-refractivity contribution < 1.29 is 4.79 Å². The quantitative estimate of drug-likeness (QED) is 0.790. The third-order valence-electron chi connectivity index (χ3n) is 4.14. The largest absolute Gasteiger partial charge is 0.342 e. The molecule has 0 bridgehead atoms. The molecule has 2 atom stereocenters. The summed E-state index contributed by atoms with van der Waals surface area (Å²) in [5, 5.41) is 0. The lowest BCUT2D eigenvalue weighted by molar-refractivity contribution is -0.130. The lowest BCUT2D eigenvalue weighted by atomic mass is 10.00. The Morgan fingerprint density at radius 1 is 1.37 bits per heavy atom. The van der Waals surface area contributed by atoms with E-state index in [1.807, 2.05) is 4.90 Å². The van der Waals surface area contributed by atoms with Crippen molar-refractivity contribution in [2.75, 3.05) is 13.1 Å². The summed E-state index contributed by atoms with van der Waals surface area (Å²) in [6.07, 6.45) is 1.19. The van der Waals surface area contributed by atoms with Gasteiger partial charge in [0.25, 0.3) is 0 Å². The summed E-state index contributed by atoms with van der Waals surface area (Å²) in [6.45, 7) is 10.1. The molecule has 19 heavy (non-hydrogen) atoms. The van der Waals surface area contributed by atoms with Crippen LogP contribution in [0.4, 0.5) is 0 Å². The molecule has 0 saturated heterocycles. The molecule has 1 aromatic rings. The van der Waals surface area contributed by atoms with Gasteiger partial charge in [0.1, 0.15) is 0 Å². The van der Waals surface area contributed by atoms with Gasteiger partial charge in [0.15, 0.2) is 0 Å². The van der Waals surface area contributed by atoms with Gasteiger partial charge >= 0.3 is 0 Å². The molecule has 1 aliphatic rings. The molecule has 104 valence electrons. The van der Waals surface area contributed by atoms with E-state index < -0.39 is 0 Å². The summed E-state index contributed by atoms with van der Waals surface area (Å²) >= 11 is 0. The average Bonchev–Trinajstić information content (AvgIpc) is 3.01. The molecule has 0 aliphatic heterocycles. The standard InChI is InChI=1S/C17H25NO/c1-13(2)11-18(14(3)19)12-17(4)10-16(17)15-8-6-5-7-9-15/h5-9,13,16H,10-12H2,1-4H3. The van der Waals surface area contributed by atoms with E-state index in [9.17, 15) is 4.79 Å². The molecule has 1 aliphatic carbocycles. The Labute approximate surface area is 116 Å². The van der Waals surface area contributed by atoms with Crippen LogP contribution in [0.1, 0.15) is 45.6 Å². The number of hydrogen-bond acceptors (Lipinski definition) is 1. The highest BCUT2D eigenvalue weighted by Gasteiger charge is 2.51. The first-order valence-electron chi connectivity index (χ1n) is 7.23. The smallest absolute Gasteiger partial charge is 0.219 e. The second-order valence-electron chi connectivity index (χ2n) is 6.61. The van der Waals surface area contributed by atoms with E-state index in [1.165, 1.54) is 12.0 Å². The Kier molecular flexibility index (Phi) is 3.98. The number of carbonyl (C=O) groups excluding carboxylic acids is 1. The van der Waals surface area contributed by atoms with Crippen molar-refractivity contribution in [1.82, 2.24) is 4.90 Å². The van der Waals surface area contributed by atoms with Gasteiger partial charge in [-0.05, 0) is 29.2 Å². The minimum Gasteiger partial charge on any atom is -0.342 e. The van der Waals surface area contributed by atoms with Crippen molar-refractivity contribution in [1.29, 1.82) is 0 Å². The molecular weight excluding hydrogens is 234 g/mol. The van der Waals surface area contributed by atoms with E-state index in [4.69, 9.17) is 0 Å². The van der Waals surface area contributed by atoms with Crippen LogP contribution in [0, 0.1) is 11.3 Å². The molecule has 1 saturated carbocycles. The van der Waals surface area contributed by atoms with Crippen molar-refractivity contribution in [3.05, 3.63) is 35.9 Å². The SMILES string of the molecule is CC(=O)N(CC(C)C)CC1(C)CC1c1ccccc1. The van der Waals surface area contributed by atoms with Gasteiger partial charge in [-0.3, -0.25) is 4.79 Å². The van der Waals surface area contributed by atoms with Crippen molar-refractivity contribution in [2.45, 2.75) is 40.0 Å². The first-order valence-corrected chi connectivity index (χ1v) is 7.23. The minimum absolute atomic E-state index is 0.202. The molecule has 2 rings (SSSR count). The summed E-state index contributed by atoms with van der Waals surface area (Å²) < 4.78 is 0. The number of hydrogen-bond donors (Lipinski definition) is 0. The van der Waals surface area contributed by atoms with Crippen molar-refractivity contribution in [3.8, 4) is 0 Å². The second kappa shape index (κ2) is 5.36. The van der Waals surface area contributed by atoms with Gasteiger partial charge in [0.05, 0.1) is 0 Å². The van der Waals surface area contributed by atoms with Gasteiger partial charge in [-0.1, -0.05) is 51.1 Å². The maximum atomic E-state index is 11.8. The van der Waals surface area contributed by atoms with E-state index in [2.05, 4.69) is 51.1 Å². The fraction of sp³-hybridized carbons (Fsp3) is 0.588. The Bertz CT molecular complexity index is 440. The number of benzene rings is 1. The highest BCUT2D eigenvalue weighted by molar-refractivity contribution is 5.73. The van der Waals surface area contributed by atoms with Crippen LogP contribution < -0.4 is 0 Å². The second-order valence-corrected chi connectivity index (χ2v) is 6.61. The molecule has 1 fully saturated rings. The number of rotatable bonds is 5. The van der Waals surface area contributed by atoms with Crippen LogP contribution in [0.2, 0.25) is 0 Å². The maximum Gasteiger partial charge on any atom is 0.219 e. The lowest BCUT2D eigenvalue weighted by Crippen LogP contribution is -2.36. The topological polar surface area (TPSA) is 20.3 Å². The highest BCUT2D eigenvalue weighted by atomic mass is 16.2. The Morgan fingerprint density at radius 2 is 2.00 bits per heavy atom. The number of carbonyl (C=O) groups is 1. The monoisotopic (exact) mass is 259 g/mol. The third-order valence-corrected chi connectivity index (χ3v) is 4.14. The molecule has 1 amide bonds. The molecule has 2 nitrogen and oxygen atoms in total.